The van der Waals surface area contributed by atoms with Crippen molar-refractivity contribution >= 4 is 17.2 Å². The van der Waals surface area contributed by atoms with Gasteiger partial charge in [-0.1, -0.05) is 12.5 Å². The van der Waals surface area contributed by atoms with E-state index in [2.05, 4.69) is 34.7 Å². The second-order valence-electron chi connectivity index (χ2n) is 6.08. The largest absolute Gasteiger partial charge is 0.338 e. The first-order chi connectivity index (χ1) is 10.3. The van der Waals surface area contributed by atoms with Crippen molar-refractivity contribution in [3.05, 3.63) is 22.4 Å². The van der Waals surface area contributed by atoms with Crippen LogP contribution in [0.2, 0.25) is 0 Å². The van der Waals surface area contributed by atoms with Crippen LogP contribution in [0.1, 0.15) is 37.1 Å². The summed E-state index contributed by atoms with van der Waals surface area (Å²) in [5, 5.41) is 5.41. The predicted molar refractivity (Wildman–Crippen MR) is 86.5 cm³/mol. The zero-order chi connectivity index (χ0) is 14.7. The number of carbonyl (C=O) groups is 1. The Balaban J connectivity index is 1.83. The second-order valence-corrected chi connectivity index (χ2v) is 7.06. The van der Waals surface area contributed by atoms with Crippen molar-refractivity contribution in [2.24, 2.45) is 0 Å². The lowest BCUT2D eigenvalue weighted by Gasteiger charge is -2.41. The van der Waals surface area contributed by atoms with Gasteiger partial charge in [0.25, 0.3) is 0 Å². The third-order valence-electron chi connectivity index (χ3n) is 4.66. The molecule has 2 aliphatic rings. The molecule has 0 aliphatic carbocycles. The van der Waals surface area contributed by atoms with Crippen molar-refractivity contribution < 1.29 is 4.79 Å². The van der Waals surface area contributed by atoms with E-state index in [0.717, 1.165) is 32.7 Å². The highest BCUT2D eigenvalue weighted by Gasteiger charge is 2.35. The standard InChI is InChI=1S/C16H25N3OS/c1-13-5-2-3-9-19(13)15(14-6-4-12-21-14)16(20)18-10-7-17-8-11-18/h4,6,12-13,15,17H,2-3,5,7-11H2,1H3. The monoisotopic (exact) mass is 307 g/mol. The summed E-state index contributed by atoms with van der Waals surface area (Å²) in [5.41, 5.74) is 0. The van der Waals surface area contributed by atoms with Gasteiger partial charge >= 0.3 is 0 Å². The maximum Gasteiger partial charge on any atom is 0.245 e. The molecule has 2 atom stereocenters. The summed E-state index contributed by atoms with van der Waals surface area (Å²) >= 11 is 1.71. The zero-order valence-electron chi connectivity index (χ0n) is 12.8. The lowest BCUT2D eigenvalue weighted by atomic mass is 9.99. The lowest BCUT2D eigenvalue weighted by molar-refractivity contribution is -0.139. The third-order valence-corrected chi connectivity index (χ3v) is 5.59. The number of nitrogens with one attached hydrogen (secondary N) is 1. The number of thiophene rings is 1. The third kappa shape index (κ3) is 3.30. The van der Waals surface area contributed by atoms with Gasteiger partial charge in [0, 0.05) is 37.1 Å². The second kappa shape index (κ2) is 6.90. The Hall–Kier alpha value is -0.910. The highest BCUT2D eigenvalue weighted by molar-refractivity contribution is 7.10. The number of nitrogens with zero attached hydrogens (tertiary/aromatic N) is 2. The average molecular weight is 307 g/mol. The lowest BCUT2D eigenvalue weighted by Crippen LogP contribution is -2.52. The highest BCUT2D eigenvalue weighted by atomic mass is 32.1. The summed E-state index contributed by atoms with van der Waals surface area (Å²) in [6, 6.07) is 4.61. The van der Waals surface area contributed by atoms with Crippen LogP contribution in [0, 0.1) is 0 Å². The first-order valence-electron chi connectivity index (χ1n) is 8.06. The smallest absolute Gasteiger partial charge is 0.245 e. The van der Waals surface area contributed by atoms with Crippen LogP contribution >= 0.6 is 11.3 Å². The van der Waals surface area contributed by atoms with Crippen LogP contribution < -0.4 is 5.32 Å². The summed E-state index contributed by atoms with van der Waals surface area (Å²) in [6.45, 7) is 6.81. The molecule has 116 valence electrons. The van der Waals surface area contributed by atoms with E-state index in [1.165, 1.54) is 24.1 Å². The number of piperazine rings is 1. The molecular weight excluding hydrogens is 282 g/mol. The Labute approximate surface area is 131 Å². The Morgan fingerprint density at radius 1 is 1.33 bits per heavy atom. The van der Waals surface area contributed by atoms with Gasteiger partial charge in [-0.25, -0.2) is 0 Å². The quantitative estimate of drug-likeness (QED) is 0.929. The molecule has 2 saturated heterocycles. The van der Waals surface area contributed by atoms with E-state index in [-0.39, 0.29) is 6.04 Å². The molecule has 1 aromatic rings. The van der Waals surface area contributed by atoms with Crippen molar-refractivity contribution in [3.8, 4) is 0 Å². The van der Waals surface area contributed by atoms with Gasteiger partial charge in [0.05, 0.1) is 0 Å². The SMILES string of the molecule is CC1CCCCN1C(C(=O)N1CCNCC1)c1cccs1. The number of hydrogen-bond acceptors (Lipinski definition) is 4. The van der Waals surface area contributed by atoms with E-state index >= 15 is 0 Å². The molecule has 2 aliphatic heterocycles. The van der Waals surface area contributed by atoms with Crippen molar-refractivity contribution in [2.75, 3.05) is 32.7 Å². The molecule has 0 spiro atoms. The Morgan fingerprint density at radius 3 is 2.81 bits per heavy atom. The van der Waals surface area contributed by atoms with Crippen LogP contribution in [0.25, 0.3) is 0 Å². The maximum atomic E-state index is 13.1. The topological polar surface area (TPSA) is 35.6 Å². The summed E-state index contributed by atoms with van der Waals surface area (Å²) in [4.78, 5) is 18.8. The Bertz CT molecular complexity index is 456. The number of likely N-dealkylation sites (tertiary alicyclic amines) is 1. The fourth-order valence-corrected chi connectivity index (χ4v) is 4.27. The molecule has 0 saturated carbocycles. The molecule has 1 amide bonds. The minimum Gasteiger partial charge on any atom is -0.338 e. The number of amides is 1. The molecule has 0 radical (unpaired) electrons. The van der Waals surface area contributed by atoms with Crippen LogP contribution in [0.15, 0.2) is 17.5 Å². The number of hydrogen-bond donors (Lipinski definition) is 1. The molecule has 5 heteroatoms. The summed E-state index contributed by atoms with van der Waals surface area (Å²) in [6.07, 6.45) is 3.70. The van der Waals surface area contributed by atoms with Crippen molar-refractivity contribution in [3.63, 3.8) is 0 Å². The van der Waals surface area contributed by atoms with Crippen LogP contribution in [0.3, 0.4) is 0 Å². The number of rotatable bonds is 3. The van der Waals surface area contributed by atoms with Gasteiger partial charge in [-0.05, 0) is 37.8 Å². The molecule has 2 fully saturated rings. The van der Waals surface area contributed by atoms with Crippen LogP contribution in [0.5, 0.6) is 0 Å². The van der Waals surface area contributed by atoms with Gasteiger partial charge in [-0.15, -0.1) is 11.3 Å². The number of carbonyl (C=O) groups excluding carboxylic acids is 1. The average Bonchev–Trinajstić information content (AvgIpc) is 3.04. The van der Waals surface area contributed by atoms with E-state index < -0.39 is 0 Å². The summed E-state index contributed by atoms with van der Waals surface area (Å²) in [5.74, 6) is 0.299. The molecule has 0 aromatic carbocycles. The van der Waals surface area contributed by atoms with Crippen LogP contribution in [0.4, 0.5) is 0 Å². The Kier molecular flexibility index (Phi) is 4.93. The minimum absolute atomic E-state index is 0.0709. The normalized spacial score (nSPS) is 25.8. The maximum absolute atomic E-state index is 13.1. The van der Waals surface area contributed by atoms with E-state index in [1.807, 2.05) is 4.90 Å². The highest BCUT2D eigenvalue weighted by Crippen LogP contribution is 2.32. The van der Waals surface area contributed by atoms with Gasteiger partial charge in [0.15, 0.2) is 0 Å². The minimum atomic E-state index is -0.0709. The van der Waals surface area contributed by atoms with Crippen LogP contribution in [-0.2, 0) is 4.79 Å². The molecule has 2 unspecified atom stereocenters. The van der Waals surface area contributed by atoms with E-state index in [1.54, 1.807) is 11.3 Å². The van der Waals surface area contributed by atoms with Gasteiger partial charge in [0.1, 0.15) is 6.04 Å². The fraction of sp³-hybridized carbons (Fsp3) is 0.688. The van der Waals surface area contributed by atoms with Gasteiger partial charge in [-0.2, -0.15) is 0 Å². The summed E-state index contributed by atoms with van der Waals surface area (Å²) in [7, 11) is 0. The van der Waals surface area contributed by atoms with E-state index in [9.17, 15) is 4.79 Å². The molecule has 4 nitrogen and oxygen atoms in total. The van der Waals surface area contributed by atoms with E-state index in [4.69, 9.17) is 0 Å². The zero-order valence-corrected chi connectivity index (χ0v) is 13.6. The van der Waals surface area contributed by atoms with Gasteiger partial charge < -0.3 is 10.2 Å². The molecule has 1 N–H and O–H groups in total. The van der Waals surface area contributed by atoms with Gasteiger partial charge in [0.2, 0.25) is 5.91 Å². The molecule has 3 heterocycles. The molecule has 21 heavy (non-hydrogen) atoms. The van der Waals surface area contributed by atoms with Gasteiger partial charge in [-0.3, -0.25) is 9.69 Å². The first kappa shape index (κ1) is 15.0. The fourth-order valence-electron chi connectivity index (χ4n) is 3.44. The number of piperidine rings is 1. The van der Waals surface area contributed by atoms with Crippen LogP contribution in [-0.4, -0.2) is 54.5 Å². The Morgan fingerprint density at radius 2 is 2.14 bits per heavy atom. The molecule has 1 aromatic heterocycles. The summed E-state index contributed by atoms with van der Waals surface area (Å²) < 4.78 is 0. The molecular formula is C16H25N3OS. The van der Waals surface area contributed by atoms with Crippen molar-refractivity contribution in [2.45, 2.75) is 38.3 Å². The molecule has 3 rings (SSSR count). The molecule has 0 bridgehead atoms. The van der Waals surface area contributed by atoms with E-state index in [0.29, 0.717) is 11.9 Å². The predicted octanol–water partition coefficient (Wildman–Crippen LogP) is 2.10. The first-order valence-corrected chi connectivity index (χ1v) is 8.94. The van der Waals surface area contributed by atoms with Crippen molar-refractivity contribution in [1.29, 1.82) is 0 Å². The van der Waals surface area contributed by atoms with Crippen molar-refractivity contribution in [1.82, 2.24) is 15.1 Å².